The first-order chi connectivity index (χ1) is 9.63. The second-order valence-corrected chi connectivity index (χ2v) is 7.19. The largest absolute Gasteiger partial charge is 0.497 e. The molecule has 0 unspecified atom stereocenters. The third-order valence-corrected chi connectivity index (χ3v) is 5.46. The number of ether oxygens (including phenoxy) is 1. The summed E-state index contributed by atoms with van der Waals surface area (Å²) in [5.74, 6) is 1.73. The maximum Gasteiger partial charge on any atom is 0.244 e. The molecule has 0 saturated heterocycles. The van der Waals surface area contributed by atoms with Gasteiger partial charge in [0.1, 0.15) is 15.8 Å². The monoisotopic (exact) mass is 371 g/mol. The standard InChI is InChI=1S/C14H14BrNO2S2/c1-3-6-19-14-16-12(13(17)20-14)8-9-7-10(18-2)4-5-11(9)15/h4-5,7-8H,3,6H2,1-2H3/b12-8+. The number of rotatable bonds is 4. The molecule has 1 aliphatic rings. The average molecular weight is 372 g/mol. The summed E-state index contributed by atoms with van der Waals surface area (Å²) in [6.07, 6.45) is 2.86. The number of nitrogens with zero attached hydrogens (tertiary/aromatic N) is 1. The number of methoxy groups -OCH3 is 1. The molecule has 1 aliphatic heterocycles. The molecule has 3 nitrogen and oxygen atoms in total. The highest BCUT2D eigenvalue weighted by molar-refractivity contribution is 9.10. The second-order valence-electron chi connectivity index (χ2n) is 4.03. The molecule has 0 fully saturated rings. The van der Waals surface area contributed by atoms with Crippen molar-refractivity contribution in [2.75, 3.05) is 12.9 Å². The van der Waals surface area contributed by atoms with Gasteiger partial charge in [0.15, 0.2) is 0 Å². The van der Waals surface area contributed by atoms with E-state index >= 15 is 0 Å². The number of carbonyl (C=O) groups is 1. The van der Waals surface area contributed by atoms with Crippen molar-refractivity contribution in [3.8, 4) is 5.75 Å². The molecule has 0 atom stereocenters. The van der Waals surface area contributed by atoms with Gasteiger partial charge in [0.2, 0.25) is 5.12 Å². The van der Waals surface area contributed by atoms with Crippen molar-refractivity contribution in [3.05, 3.63) is 33.9 Å². The minimum absolute atomic E-state index is 0.00155. The van der Waals surface area contributed by atoms with Crippen LogP contribution in [0.15, 0.2) is 33.4 Å². The van der Waals surface area contributed by atoms with Crippen LogP contribution in [0.3, 0.4) is 0 Å². The van der Waals surface area contributed by atoms with Gasteiger partial charge in [0.25, 0.3) is 0 Å². The third kappa shape index (κ3) is 3.90. The van der Waals surface area contributed by atoms with Gasteiger partial charge in [-0.2, -0.15) is 0 Å². The maximum absolute atomic E-state index is 11.9. The van der Waals surface area contributed by atoms with Crippen LogP contribution in [0.1, 0.15) is 18.9 Å². The van der Waals surface area contributed by atoms with Crippen molar-refractivity contribution >= 4 is 55.0 Å². The Kier molecular flexibility index (Phi) is 5.74. The summed E-state index contributed by atoms with van der Waals surface area (Å²) in [6, 6.07) is 5.64. The fourth-order valence-corrected chi connectivity index (χ4v) is 3.67. The molecule has 0 spiro atoms. The zero-order valence-corrected chi connectivity index (χ0v) is 14.4. The topological polar surface area (TPSA) is 38.7 Å². The molecule has 20 heavy (non-hydrogen) atoms. The molecule has 0 aliphatic carbocycles. The van der Waals surface area contributed by atoms with Gasteiger partial charge in [-0.3, -0.25) is 4.79 Å². The Hall–Kier alpha value is -0.720. The Morgan fingerprint density at radius 3 is 3.00 bits per heavy atom. The third-order valence-electron chi connectivity index (χ3n) is 2.53. The molecule has 0 radical (unpaired) electrons. The quantitative estimate of drug-likeness (QED) is 0.726. The summed E-state index contributed by atoms with van der Waals surface area (Å²) in [5, 5.41) is -0.00155. The lowest BCUT2D eigenvalue weighted by molar-refractivity contribution is -0.107. The highest BCUT2D eigenvalue weighted by atomic mass is 79.9. The molecule has 106 valence electrons. The fraction of sp³-hybridized carbons (Fsp3) is 0.286. The summed E-state index contributed by atoms with van der Waals surface area (Å²) >= 11 is 6.31. The minimum atomic E-state index is -0.00155. The Morgan fingerprint density at radius 2 is 2.30 bits per heavy atom. The first-order valence-corrected chi connectivity index (χ1v) is 8.72. The molecular weight excluding hydrogens is 358 g/mol. The number of aliphatic imine (C=N–C) groups is 1. The van der Waals surface area contributed by atoms with E-state index in [1.807, 2.05) is 18.2 Å². The molecule has 1 aromatic carbocycles. The van der Waals surface area contributed by atoms with Gasteiger partial charge in [-0.15, -0.1) is 0 Å². The lowest BCUT2D eigenvalue weighted by Gasteiger charge is -2.03. The van der Waals surface area contributed by atoms with Crippen LogP contribution < -0.4 is 4.74 Å². The van der Waals surface area contributed by atoms with E-state index in [9.17, 15) is 4.79 Å². The molecule has 2 rings (SSSR count). The summed E-state index contributed by atoms with van der Waals surface area (Å²) in [5.41, 5.74) is 1.38. The van der Waals surface area contributed by atoms with Crippen LogP contribution in [0.4, 0.5) is 0 Å². The molecule has 0 N–H and O–H groups in total. The molecule has 1 heterocycles. The van der Waals surface area contributed by atoms with Gasteiger partial charge < -0.3 is 4.74 Å². The maximum atomic E-state index is 11.9. The molecular formula is C14H14BrNO2S2. The van der Waals surface area contributed by atoms with Crippen LogP contribution >= 0.6 is 39.5 Å². The first kappa shape index (κ1) is 15.7. The van der Waals surface area contributed by atoms with Crippen LogP contribution in [0.25, 0.3) is 6.08 Å². The summed E-state index contributed by atoms with van der Waals surface area (Å²) in [4.78, 5) is 16.3. The lowest BCUT2D eigenvalue weighted by Crippen LogP contribution is -1.89. The van der Waals surface area contributed by atoms with Crippen LogP contribution in [0, 0.1) is 0 Å². The van der Waals surface area contributed by atoms with E-state index in [-0.39, 0.29) is 5.12 Å². The number of thioether (sulfide) groups is 2. The van der Waals surface area contributed by atoms with Crippen LogP contribution in [0.5, 0.6) is 5.75 Å². The fourth-order valence-electron chi connectivity index (χ4n) is 1.55. The summed E-state index contributed by atoms with van der Waals surface area (Å²) in [6.45, 7) is 2.11. The van der Waals surface area contributed by atoms with Crippen molar-refractivity contribution in [1.29, 1.82) is 0 Å². The van der Waals surface area contributed by atoms with E-state index in [0.29, 0.717) is 5.70 Å². The van der Waals surface area contributed by atoms with Gasteiger partial charge in [0, 0.05) is 4.47 Å². The Labute approximate surface area is 135 Å². The SMILES string of the molecule is CCCSC1=N/C(=C/c2cc(OC)ccc2Br)C(=O)S1. The summed E-state index contributed by atoms with van der Waals surface area (Å²) in [7, 11) is 1.62. The number of halogens is 1. The predicted octanol–water partition coefficient (Wildman–Crippen LogP) is 4.57. The van der Waals surface area contributed by atoms with Crippen LogP contribution in [0.2, 0.25) is 0 Å². The Morgan fingerprint density at radius 1 is 1.50 bits per heavy atom. The number of hydrogen-bond acceptors (Lipinski definition) is 5. The number of hydrogen-bond donors (Lipinski definition) is 0. The van der Waals surface area contributed by atoms with Crippen molar-refractivity contribution in [2.45, 2.75) is 13.3 Å². The van der Waals surface area contributed by atoms with Gasteiger partial charge in [-0.1, -0.05) is 34.6 Å². The summed E-state index contributed by atoms with van der Waals surface area (Å²) < 4.78 is 6.94. The van der Waals surface area contributed by atoms with Crippen molar-refractivity contribution in [3.63, 3.8) is 0 Å². The first-order valence-electron chi connectivity index (χ1n) is 6.13. The van der Waals surface area contributed by atoms with Crippen LogP contribution in [-0.4, -0.2) is 22.4 Å². The second kappa shape index (κ2) is 7.33. The molecule has 6 heteroatoms. The van der Waals surface area contributed by atoms with E-state index in [0.717, 1.165) is 32.3 Å². The number of benzene rings is 1. The molecule has 0 amide bonds. The molecule has 1 aromatic rings. The molecule has 0 saturated carbocycles. The highest BCUT2D eigenvalue weighted by Crippen LogP contribution is 2.33. The van der Waals surface area contributed by atoms with Crippen molar-refractivity contribution in [1.82, 2.24) is 0 Å². The van der Waals surface area contributed by atoms with Crippen molar-refractivity contribution < 1.29 is 9.53 Å². The van der Waals surface area contributed by atoms with E-state index in [1.54, 1.807) is 24.9 Å². The zero-order valence-electron chi connectivity index (χ0n) is 11.2. The minimum Gasteiger partial charge on any atom is -0.497 e. The van der Waals surface area contributed by atoms with Gasteiger partial charge >= 0.3 is 0 Å². The Balaban J connectivity index is 2.26. The average Bonchev–Trinajstić information content (AvgIpc) is 2.79. The Bertz CT molecular complexity index is 585. The van der Waals surface area contributed by atoms with E-state index in [1.165, 1.54) is 11.8 Å². The van der Waals surface area contributed by atoms with E-state index in [2.05, 4.69) is 27.8 Å². The molecule has 0 aromatic heterocycles. The number of carbonyl (C=O) groups excluding carboxylic acids is 1. The van der Waals surface area contributed by atoms with Gasteiger partial charge in [-0.25, -0.2) is 4.99 Å². The lowest BCUT2D eigenvalue weighted by atomic mass is 10.2. The van der Waals surface area contributed by atoms with E-state index < -0.39 is 0 Å². The molecule has 0 bridgehead atoms. The smallest absolute Gasteiger partial charge is 0.244 e. The predicted molar refractivity (Wildman–Crippen MR) is 91.5 cm³/mol. The highest BCUT2D eigenvalue weighted by Gasteiger charge is 2.22. The zero-order chi connectivity index (χ0) is 14.5. The van der Waals surface area contributed by atoms with Crippen LogP contribution in [-0.2, 0) is 4.79 Å². The van der Waals surface area contributed by atoms with E-state index in [4.69, 9.17) is 4.74 Å². The normalized spacial score (nSPS) is 16.6. The van der Waals surface area contributed by atoms with Gasteiger partial charge in [0.05, 0.1) is 7.11 Å². The van der Waals surface area contributed by atoms with Crippen molar-refractivity contribution in [2.24, 2.45) is 4.99 Å². The van der Waals surface area contributed by atoms with Gasteiger partial charge in [-0.05, 0) is 53.8 Å².